The van der Waals surface area contributed by atoms with Crippen molar-refractivity contribution >= 4 is 27.2 Å². The number of anilines is 1. The summed E-state index contributed by atoms with van der Waals surface area (Å²) in [6.45, 7) is 0. The largest absolute Gasteiger partial charge is 0.455 e. The molecule has 0 bridgehead atoms. The van der Waals surface area contributed by atoms with Crippen LogP contribution in [0.15, 0.2) is 82.1 Å². The van der Waals surface area contributed by atoms with Crippen LogP contribution in [0.4, 0.5) is 11.4 Å². The van der Waals surface area contributed by atoms with E-state index in [2.05, 4.69) is 9.71 Å². The molecule has 4 rings (SSSR count). The molecule has 9 heteroatoms. The first-order valence-corrected chi connectivity index (χ1v) is 9.61. The summed E-state index contributed by atoms with van der Waals surface area (Å²) in [4.78, 5) is 10.1. The fraction of sp³-hybridized carbons (Fsp3) is 0. The second kappa shape index (κ2) is 6.78. The van der Waals surface area contributed by atoms with Crippen LogP contribution >= 0.6 is 0 Å². The van der Waals surface area contributed by atoms with Gasteiger partial charge in [0.1, 0.15) is 10.6 Å². The Kier molecular flexibility index (Phi) is 4.28. The van der Waals surface area contributed by atoms with Crippen LogP contribution in [0.1, 0.15) is 5.56 Å². The maximum Gasteiger partial charge on any atom is 0.285 e. The number of para-hydroxylation sites is 3. The average molecular weight is 395 g/mol. The topological polar surface area (TPSA) is 111 Å². The highest BCUT2D eigenvalue weighted by molar-refractivity contribution is 7.90. The molecule has 0 radical (unpaired) electrons. The van der Waals surface area contributed by atoms with Crippen LogP contribution in [0.25, 0.3) is 0 Å². The smallest absolute Gasteiger partial charge is 0.285 e. The van der Waals surface area contributed by atoms with Crippen molar-refractivity contribution in [1.29, 1.82) is 0 Å². The summed E-state index contributed by atoms with van der Waals surface area (Å²) < 4.78 is 34.2. The molecule has 0 saturated carbocycles. The molecule has 1 aliphatic rings. The Balaban J connectivity index is 1.69. The van der Waals surface area contributed by atoms with Crippen molar-refractivity contribution in [3.63, 3.8) is 0 Å². The molecule has 0 atom stereocenters. The summed E-state index contributed by atoms with van der Waals surface area (Å²) in [5.41, 5.74) is 0.457. The van der Waals surface area contributed by atoms with Crippen molar-refractivity contribution in [2.45, 2.75) is 4.90 Å². The Morgan fingerprint density at radius 2 is 1.68 bits per heavy atom. The van der Waals surface area contributed by atoms with E-state index < -0.39 is 14.9 Å². The van der Waals surface area contributed by atoms with E-state index in [9.17, 15) is 18.5 Å². The average Bonchev–Trinajstić information content (AvgIpc) is 2.94. The Bertz CT molecular complexity index is 1210. The molecule has 3 aromatic carbocycles. The molecule has 1 heterocycles. The molecule has 3 aromatic rings. The van der Waals surface area contributed by atoms with Crippen LogP contribution in [0, 0.1) is 10.1 Å². The minimum Gasteiger partial charge on any atom is -0.455 e. The second-order valence-corrected chi connectivity index (χ2v) is 7.46. The van der Waals surface area contributed by atoms with Gasteiger partial charge in [0, 0.05) is 17.7 Å². The van der Waals surface area contributed by atoms with Crippen LogP contribution in [0.3, 0.4) is 0 Å². The number of ether oxygens (including phenoxy) is 1. The van der Waals surface area contributed by atoms with Gasteiger partial charge in [-0.15, -0.1) is 4.40 Å². The Labute approximate surface area is 160 Å². The van der Waals surface area contributed by atoms with Gasteiger partial charge in [0.25, 0.3) is 15.7 Å². The van der Waals surface area contributed by atoms with Crippen LogP contribution in [0.5, 0.6) is 11.5 Å². The number of nitro groups is 1. The van der Waals surface area contributed by atoms with E-state index in [1.807, 2.05) is 18.2 Å². The second-order valence-electron chi connectivity index (χ2n) is 5.89. The fourth-order valence-electron chi connectivity index (χ4n) is 2.74. The predicted molar refractivity (Wildman–Crippen MR) is 103 cm³/mol. The van der Waals surface area contributed by atoms with E-state index in [1.165, 1.54) is 12.1 Å². The van der Waals surface area contributed by atoms with Gasteiger partial charge in [-0.25, -0.2) is 0 Å². The molecule has 0 amide bonds. The molecule has 8 nitrogen and oxygen atoms in total. The highest BCUT2D eigenvalue weighted by Crippen LogP contribution is 2.33. The van der Waals surface area contributed by atoms with Gasteiger partial charge >= 0.3 is 0 Å². The molecule has 0 unspecified atom stereocenters. The number of hydrogen-bond acceptors (Lipinski definition) is 6. The number of hydrogen-bond donors (Lipinski definition) is 1. The zero-order valence-corrected chi connectivity index (χ0v) is 15.1. The Hall–Kier alpha value is -3.72. The van der Waals surface area contributed by atoms with Gasteiger partial charge in [0.15, 0.2) is 11.6 Å². The molecule has 28 heavy (non-hydrogen) atoms. The van der Waals surface area contributed by atoms with Crippen LogP contribution in [-0.2, 0) is 10.0 Å². The maximum absolute atomic E-state index is 12.3. The first-order chi connectivity index (χ1) is 13.4. The first kappa shape index (κ1) is 17.7. The minimum absolute atomic E-state index is 0.0778. The number of non-ortho nitro benzene ring substituents is 1. The summed E-state index contributed by atoms with van der Waals surface area (Å²) in [5, 5.41) is 13.9. The normalized spacial score (nSPS) is 14.1. The third-order valence-electron chi connectivity index (χ3n) is 4.03. The van der Waals surface area contributed by atoms with Gasteiger partial charge in [-0.05, 0) is 30.3 Å². The number of nitro benzene ring substituents is 1. The van der Waals surface area contributed by atoms with Crippen molar-refractivity contribution in [3.8, 4) is 11.5 Å². The Morgan fingerprint density at radius 3 is 2.43 bits per heavy atom. The molecule has 0 spiro atoms. The number of sulfonamides is 1. The number of nitrogens with one attached hydrogen (secondary N) is 1. The lowest BCUT2D eigenvalue weighted by atomic mass is 10.1. The van der Waals surface area contributed by atoms with E-state index in [0.29, 0.717) is 17.2 Å². The number of benzene rings is 3. The molecule has 1 aliphatic heterocycles. The molecular formula is C19H13N3O5S. The standard InChI is InChI=1S/C19H13N3O5S/c23-22(24)13-10-11-15-18(12-13)28(25,26)21-19(15)20-16-8-4-5-9-17(16)27-14-6-2-1-3-7-14/h1-12H,(H,20,21). The quantitative estimate of drug-likeness (QED) is 0.529. The van der Waals surface area contributed by atoms with Crippen molar-refractivity contribution < 1.29 is 18.1 Å². The lowest BCUT2D eigenvalue weighted by Crippen LogP contribution is -2.12. The van der Waals surface area contributed by atoms with Gasteiger partial charge in [-0.3, -0.25) is 10.1 Å². The summed E-state index contributed by atoms with van der Waals surface area (Å²) in [6, 6.07) is 19.7. The third kappa shape index (κ3) is 3.30. The van der Waals surface area contributed by atoms with Crippen molar-refractivity contribution in [3.05, 3.63) is 88.5 Å². The molecule has 140 valence electrons. The van der Waals surface area contributed by atoms with Gasteiger partial charge in [-0.1, -0.05) is 30.3 Å². The van der Waals surface area contributed by atoms with E-state index in [0.717, 1.165) is 6.07 Å². The van der Waals surface area contributed by atoms with Gasteiger partial charge in [-0.2, -0.15) is 8.42 Å². The van der Waals surface area contributed by atoms with Crippen LogP contribution in [0.2, 0.25) is 0 Å². The van der Waals surface area contributed by atoms with E-state index in [-0.39, 0.29) is 22.0 Å². The van der Waals surface area contributed by atoms with Crippen molar-refractivity contribution in [2.75, 3.05) is 5.32 Å². The Morgan fingerprint density at radius 1 is 0.964 bits per heavy atom. The van der Waals surface area contributed by atoms with Gasteiger partial charge < -0.3 is 10.1 Å². The van der Waals surface area contributed by atoms with Crippen LogP contribution < -0.4 is 10.1 Å². The highest BCUT2D eigenvalue weighted by atomic mass is 32.2. The lowest BCUT2D eigenvalue weighted by Gasteiger charge is -2.13. The lowest BCUT2D eigenvalue weighted by molar-refractivity contribution is -0.385. The van der Waals surface area contributed by atoms with Gasteiger partial charge in [0.05, 0.1) is 10.6 Å². The summed E-state index contributed by atoms with van der Waals surface area (Å²) in [7, 11) is -4.02. The molecule has 0 aliphatic carbocycles. The minimum atomic E-state index is -4.02. The maximum atomic E-state index is 12.3. The number of nitrogens with zero attached hydrogens (tertiary/aromatic N) is 2. The molecular weight excluding hydrogens is 382 g/mol. The third-order valence-corrected chi connectivity index (χ3v) is 5.35. The van der Waals surface area contributed by atoms with Crippen molar-refractivity contribution in [2.24, 2.45) is 4.40 Å². The van der Waals surface area contributed by atoms with Crippen LogP contribution in [-0.4, -0.2) is 19.2 Å². The summed E-state index contributed by atoms with van der Waals surface area (Å²) in [5.74, 6) is 1.17. The number of fused-ring (bicyclic) bond motifs is 1. The van der Waals surface area contributed by atoms with Gasteiger partial charge in [0.2, 0.25) is 0 Å². The van der Waals surface area contributed by atoms with E-state index in [1.54, 1.807) is 36.4 Å². The van der Waals surface area contributed by atoms with E-state index >= 15 is 0 Å². The monoisotopic (exact) mass is 395 g/mol. The highest BCUT2D eigenvalue weighted by Gasteiger charge is 2.31. The zero-order valence-electron chi connectivity index (χ0n) is 14.3. The van der Waals surface area contributed by atoms with Crippen molar-refractivity contribution in [1.82, 2.24) is 0 Å². The molecule has 1 N–H and O–H groups in total. The SMILES string of the molecule is O=[N+]([O-])c1ccc2c(c1)S(=O)(=O)N=C2Nc1ccccc1Oc1ccccc1. The number of amidine groups is 1. The summed E-state index contributed by atoms with van der Waals surface area (Å²) in [6.07, 6.45) is 0. The number of rotatable bonds is 4. The summed E-state index contributed by atoms with van der Waals surface area (Å²) >= 11 is 0. The molecule has 0 saturated heterocycles. The zero-order chi connectivity index (χ0) is 19.7. The first-order valence-electron chi connectivity index (χ1n) is 8.17. The molecule has 0 aromatic heterocycles. The predicted octanol–water partition coefficient (Wildman–Crippen LogP) is 3.95. The van der Waals surface area contributed by atoms with E-state index in [4.69, 9.17) is 4.74 Å². The molecule has 0 fully saturated rings. The fourth-order valence-corrected chi connectivity index (χ4v) is 3.94.